The fourth-order valence-electron chi connectivity index (χ4n) is 1.91. The predicted molar refractivity (Wildman–Crippen MR) is 73.3 cm³/mol. The number of hydrogen-bond acceptors (Lipinski definition) is 0. The van der Waals surface area contributed by atoms with Gasteiger partial charge in [0.05, 0.1) is 0 Å². The van der Waals surface area contributed by atoms with Gasteiger partial charge in [0.2, 0.25) is 0 Å². The summed E-state index contributed by atoms with van der Waals surface area (Å²) in [6.07, 6.45) is 8.34. The number of benzene rings is 1. The van der Waals surface area contributed by atoms with E-state index in [1.165, 1.54) is 36.0 Å². The van der Waals surface area contributed by atoms with Crippen molar-refractivity contribution in [3.8, 4) is 0 Å². The summed E-state index contributed by atoms with van der Waals surface area (Å²) in [4.78, 5) is 0. The maximum atomic E-state index is 3.00. The highest BCUT2D eigenvalue weighted by molar-refractivity contribution is 5.69. The van der Waals surface area contributed by atoms with Gasteiger partial charge in [0.15, 0.2) is 0 Å². The van der Waals surface area contributed by atoms with E-state index in [0.29, 0.717) is 0 Å². The van der Waals surface area contributed by atoms with E-state index >= 15 is 0 Å². The zero-order valence-corrected chi connectivity index (χ0v) is 10.1. The highest BCUT2D eigenvalue weighted by Crippen LogP contribution is 2.25. The summed E-state index contributed by atoms with van der Waals surface area (Å²) >= 11 is 0. The van der Waals surface area contributed by atoms with Crippen LogP contribution in [0.5, 0.6) is 0 Å². The third-order valence-electron chi connectivity index (χ3n) is 2.82. The molecule has 0 aliphatic heterocycles. The molecule has 0 saturated carbocycles. The predicted octanol–water partition coefficient (Wildman–Crippen LogP) is 5.00. The standard InChI is InChI=1S/C14H16.C2H4/c1-12(13-8-4-2-5-9-13)14-10-6-3-7-11-14;1-2/h2,4-6,8-10H,3,7,11H2,1H3;1-2H2/b14-12+;. The van der Waals surface area contributed by atoms with E-state index in [-0.39, 0.29) is 0 Å². The van der Waals surface area contributed by atoms with Gasteiger partial charge in [0.25, 0.3) is 0 Å². The zero-order chi connectivity index (χ0) is 11.8. The number of rotatable bonds is 1. The lowest BCUT2D eigenvalue weighted by Gasteiger charge is -2.12. The van der Waals surface area contributed by atoms with E-state index in [1.807, 2.05) is 0 Å². The Bertz CT molecular complexity index is 368. The Hall–Kier alpha value is -1.56. The molecule has 0 radical (unpaired) electrons. The van der Waals surface area contributed by atoms with Gasteiger partial charge in [-0.1, -0.05) is 42.5 Å². The lowest BCUT2D eigenvalue weighted by atomic mass is 9.94. The van der Waals surface area contributed by atoms with Crippen molar-refractivity contribution in [3.63, 3.8) is 0 Å². The van der Waals surface area contributed by atoms with E-state index < -0.39 is 0 Å². The SMILES string of the molecule is C/C(=C1/C=CCCC1)c1ccccc1.C=C. The third kappa shape index (κ3) is 3.23. The van der Waals surface area contributed by atoms with Crippen LogP contribution in [0.1, 0.15) is 31.7 Å². The molecule has 0 nitrogen and oxygen atoms in total. The summed E-state index contributed by atoms with van der Waals surface area (Å²) in [6, 6.07) is 10.6. The second kappa shape index (κ2) is 6.84. The van der Waals surface area contributed by atoms with Crippen LogP contribution in [0.2, 0.25) is 0 Å². The molecule has 2 rings (SSSR count). The summed E-state index contributed by atoms with van der Waals surface area (Å²) in [7, 11) is 0. The van der Waals surface area contributed by atoms with Gasteiger partial charge in [-0.15, -0.1) is 13.2 Å². The molecule has 0 aromatic heterocycles. The van der Waals surface area contributed by atoms with E-state index in [9.17, 15) is 0 Å². The molecule has 0 unspecified atom stereocenters. The van der Waals surface area contributed by atoms with Crippen LogP contribution in [-0.2, 0) is 0 Å². The molecule has 0 heterocycles. The minimum Gasteiger partial charge on any atom is -0.106 e. The molecule has 0 heteroatoms. The van der Waals surface area contributed by atoms with Gasteiger partial charge in [0, 0.05) is 0 Å². The number of allylic oxidation sites excluding steroid dienone is 4. The van der Waals surface area contributed by atoms with Gasteiger partial charge in [-0.3, -0.25) is 0 Å². The Kier molecular flexibility index (Phi) is 5.35. The average Bonchev–Trinajstić information content (AvgIpc) is 2.42. The summed E-state index contributed by atoms with van der Waals surface area (Å²) in [5.74, 6) is 0. The molecule has 0 amide bonds. The van der Waals surface area contributed by atoms with Crippen LogP contribution in [-0.4, -0.2) is 0 Å². The smallest absolute Gasteiger partial charge is 0.0225 e. The van der Waals surface area contributed by atoms with Crippen molar-refractivity contribution in [2.24, 2.45) is 0 Å². The van der Waals surface area contributed by atoms with E-state index in [4.69, 9.17) is 0 Å². The van der Waals surface area contributed by atoms with E-state index in [1.54, 1.807) is 0 Å². The molecule has 84 valence electrons. The quantitative estimate of drug-likeness (QED) is 0.574. The Morgan fingerprint density at radius 1 is 1.12 bits per heavy atom. The first-order chi connectivity index (χ1) is 7.88. The molecule has 0 saturated heterocycles. The molecule has 1 aromatic rings. The topological polar surface area (TPSA) is 0 Å². The Labute approximate surface area is 99.0 Å². The first-order valence-corrected chi connectivity index (χ1v) is 5.79. The molecule has 0 fully saturated rings. The average molecular weight is 212 g/mol. The fraction of sp³-hybridized carbons (Fsp3) is 0.250. The molecule has 16 heavy (non-hydrogen) atoms. The molecule has 0 bridgehead atoms. The molecular weight excluding hydrogens is 192 g/mol. The van der Waals surface area contributed by atoms with Crippen molar-refractivity contribution >= 4 is 5.57 Å². The first kappa shape index (κ1) is 12.5. The monoisotopic (exact) mass is 212 g/mol. The van der Waals surface area contributed by atoms with Crippen molar-refractivity contribution in [2.45, 2.75) is 26.2 Å². The van der Waals surface area contributed by atoms with Crippen LogP contribution >= 0.6 is 0 Å². The van der Waals surface area contributed by atoms with Crippen LogP contribution in [0.3, 0.4) is 0 Å². The highest BCUT2D eigenvalue weighted by Gasteiger charge is 2.04. The lowest BCUT2D eigenvalue weighted by molar-refractivity contribution is 0.822. The van der Waals surface area contributed by atoms with Gasteiger partial charge in [0.1, 0.15) is 0 Å². The van der Waals surface area contributed by atoms with Gasteiger partial charge >= 0.3 is 0 Å². The molecule has 0 N–H and O–H groups in total. The Morgan fingerprint density at radius 3 is 2.38 bits per heavy atom. The van der Waals surface area contributed by atoms with Crippen LogP contribution in [0.25, 0.3) is 5.57 Å². The highest BCUT2D eigenvalue weighted by atomic mass is 14.1. The molecule has 1 aliphatic carbocycles. The van der Waals surface area contributed by atoms with Crippen molar-refractivity contribution in [1.29, 1.82) is 0 Å². The number of hydrogen-bond donors (Lipinski definition) is 0. The molecule has 0 atom stereocenters. The summed E-state index contributed by atoms with van der Waals surface area (Å²) < 4.78 is 0. The Morgan fingerprint density at radius 2 is 1.81 bits per heavy atom. The minimum atomic E-state index is 1.23. The maximum absolute atomic E-state index is 3.00. The van der Waals surface area contributed by atoms with E-state index in [0.717, 1.165) is 0 Å². The minimum absolute atomic E-state index is 1.23. The zero-order valence-electron chi connectivity index (χ0n) is 10.1. The van der Waals surface area contributed by atoms with Gasteiger partial charge in [-0.25, -0.2) is 0 Å². The molecule has 1 aliphatic rings. The van der Waals surface area contributed by atoms with Gasteiger partial charge < -0.3 is 0 Å². The summed E-state index contributed by atoms with van der Waals surface area (Å²) in [6.45, 7) is 8.22. The Balaban J connectivity index is 0.000000606. The van der Waals surface area contributed by atoms with Crippen LogP contribution < -0.4 is 0 Å². The normalized spacial score (nSPS) is 17.3. The van der Waals surface area contributed by atoms with Crippen molar-refractivity contribution < 1.29 is 0 Å². The second-order valence-electron chi connectivity index (χ2n) is 3.81. The third-order valence-corrected chi connectivity index (χ3v) is 2.82. The van der Waals surface area contributed by atoms with Gasteiger partial charge in [-0.2, -0.15) is 0 Å². The largest absolute Gasteiger partial charge is 0.106 e. The van der Waals surface area contributed by atoms with E-state index in [2.05, 4.69) is 62.6 Å². The molecule has 1 aromatic carbocycles. The van der Waals surface area contributed by atoms with Crippen molar-refractivity contribution in [2.75, 3.05) is 0 Å². The molecule has 0 spiro atoms. The van der Waals surface area contributed by atoms with Crippen LogP contribution in [0, 0.1) is 0 Å². The maximum Gasteiger partial charge on any atom is -0.0225 e. The van der Waals surface area contributed by atoms with Crippen LogP contribution in [0.4, 0.5) is 0 Å². The van der Waals surface area contributed by atoms with Crippen molar-refractivity contribution in [3.05, 3.63) is 66.8 Å². The first-order valence-electron chi connectivity index (χ1n) is 5.79. The fourth-order valence-corrected chi connectivity index (χ4v) is 1.91. The molecular formula is C16H20. The van der Waals surface area contributed by atoms with Crippen molar-refractivity contribution in [1.82, 2.24) is 0 Å². The lowest BCUT2D eigenvalue weighted by Crippen LogP contribution is -1.91. The summed E-state index contributed by atoms with van der Waals surface area (Å²) in [5, 5.41) is 0. The van der Waals surface area contributed by atoms with Crippen LogP contribution in [0.15, 0.2) is 61.2 Å². The summed E-state index contributed by atoms with van der Waals surface area (Å²) in [5.41, 5.74) is 4.29. The second-order valence-corrected chi connectivity index (χ2v) is 3.81. The van der Waals surface area contributed by atoms with Gasteiger partial charge in [-0.05, 0) is 42.9 Å².